The van der Waals surface area contributed by atoms with Gasteiger partial charge in [-0.05, 0) is 18.1 Å². The Hall–Kier alpha value is -2.88. The molecule has 0 saturated carbocycles. The summed E-state index contributed by atoms with van der Waals surface area (Å²) in [7, 11) is 0. The molecule has 0 radical (unpaired) electrons. The Morgan fingerprint density at radius 2 is 1.83 bits per heavy atom. The Morgan fingerprint density at radius 1 is 1.12 bits per heavy atom. The van der Waals surface area contributed by atoms with Crippen LogP contribution in [0.3, 0.4) is 0 Å². The third kappa shape index (κ3) is 3.08. The lowest BCUT2D eigenvalue weighted by molar-refractivity contribution is -0.149. The molecule has 1 atom stereocenters. The van der Waals surface area contributed by atoms with Gasteiger partial charge in [-0.3, -0.25) is 4.79 Å². The van der Waals surface area contributed by atoms with Gasteiger partial charge in [0.15, 0.2) is 6.29 Å². The minimum Gasteiger partial charge on any atom is -0.459 e. The SMILES string of the molecule is CCC(C(=O)OCc1ccccc1)n1cc(C=O)c2ccccc21. The highest BCUT2D eigenvalue weighted by atomic mass is 16.5. The highest BCUT2D eigenvalue weighted by molar-refractivity contribution is 5.98. The molecule has 0 amide bonds. The molecule has 4 heteroatoms. The van der Waals surface area contributed by atoms with Crippen molar-refractivity contribution in [3.8, 4) is 0 Å². The van der Waals surface area contributed by atoms with Crippen LogP contribution in [0.2, 0.25) is 0 Å². The summed E-state index contributed by atoms with van der Waals surface area (Å²) in [6.07, 6.45) is 3.14. The first-order chi connectivity index (χ1) is 11.7. The standard InChI is InChI=1S/C20H19NO3/c1-2-18(20(23)24-14-15-8-4-3-5-9-15)21-12-16(13-22)17-10-6-7-11-19(17)21/h3-13,18H,2,14H2,1H3. The van der Waals surface area contributed by atoms with E-state index in [2.05, 4.69) is 0 Å². The molecule has 122 valence electrons. The normalized spacial score (nSPS) is 12.0. The zero-order chi connectivity index (χ0) is 16.9. The maximum atomic E-state index is 12.6. The Labute approximate surface area is 140 Å². The fourth-order valence-electron chi connectivity index (χ4n) is 2.89. The number of rotatable bonds is 6. The number of fused-ring (bicyclic) bond motifs is 1. The van der Waals surface area contributed by atoms with Crippen LogP contribution in [0.15, 0.2) is 60.8 Å². The number of aromatic nitrogens is 1. The van der Waals surface area contributed by atoms with Gasteiger partial charge in [-0.25, -0.2) is 4.79 Å². The highest BCUT2D eigenvalue weighted by Crippen LogP contribution is 2.26. The Morgan fingerprint density at radius 3 is 2.54 bits per heavy atom. The van der Waals surface area contributed by atoms with E-state index in [0.717, 1.165) is 22.8 Å². The van der Waals surface area contributed by atoms with E-state index in [0.29, 0.717) is 12.0 Å². The predicted molar refractivity (Wildman–Crippen MR) is 92.9 cm³/mol. The lowest BCUT2D eigenvalue weighted by atomic mass is 10.2. The third-order valence-electron chi connectivity index (χ3n) is 4.12. The molecule has 2 aromatic carbocycles. The van der Waals surface area contributed by atoms with E-state index in [-0.39, 0.29) is 12.6 Å². The number of ether oxygens (including phenoxy) is 1. The van der Waals surface area contributed by atoms with Gasteiger partial charge in [0.2, 0.25) is 0 Å². The van der Waals surface area contributed by atoms with E-state index in [1.165, 1.54) is 0 Å². The summed E-state index contributed by atoms with van der Waals surface area (Å²) in [6.45, 7) is 2.18. The van der Waals surface area contributed by atoms with Crippen molar-refractivity contribution < 1.29 is 14.3 Å². The van der Waals surface area contributed by atoms with Gasteiger partial charge in [-0.15, -0.1) is 0 Å². The van der Waals surface area contributed by atoms with E-state index in [9.17, 15) is 9.59 Å². The molecule has 0 bridgehead atoms. The predicted octanol–water partition coefficient (Wildman–Crippen LogP) is 4.15. The summed E-state index contributed by atoms with van der Waals surface area (Å²) < 4.78 is 7.32. The van der Waals surface area contributed by atoms with Crippen molar-refractivity contribution in [3.05, 3.63) is 71.9 Å². The molecule has 1 heterocycles. The number of carbonyl (C=O) groups is 2. The van der Waals surface area contributed by atoms with Crippen molar-refractivity contribution >= 4 is 23.2 Å². The molecule has 0 N–H and O–H groups in total. The quantitative estimate of drug-likeness (QED) is 0.506. The van der Waals surface area contributed by atoms with Crippen LogP contribution in [-0.4, -0.2) is 16.8 Å². The molecule has 0 aliphatic heterocycles. The Balaban J connectivity index is 1.86. The monoisotopic (exact) mass is 321 g/mol. The molecular formula is C20H19NO3. The van der Waals surface area contributed by atoms with E-state index >= 15 is 0 Å². The van der Waals surface area contributed by atoms with Crippen molar-refractivity contribution in [2.24, 2.45) is 0 Å². The number of carbonyl (C=O) groups excluding carboxylic acids is 2. The zero-order valence-electron chi connectivity index (χ0n) is 13.5. The van der Waals surface area contributed by atoms with Gasteiger partial charge in [0, 0.05) is 22.7 Å². The number of para-hydroxylation sites is 1. The van der Waals surface area contributed by atoms with Crippen LogP contribution in [0.25, 0.3) is 10.9 Å². The summed E-state index contributed by atoms with van der Waals surface area (Å²) in [5.41, 5.74) is 2.40. The Bertz CT molecular complexity index is 852. The number of hydrogen-bond acceptors (Lipinski definition) is 3. The van der Waals surface area contributed by atoms with Crippen LogP contribution >= 0.6 is 0 Å². The maximum absolute atomic E-state index is 12.6. The van der Waals surface area contributed by atoms with Crippen molar-refractivity contribution in [3.63, 3.8) is 0 Å². The lowest BCUT2D eigenvalue weighted by Crippen LogP contribution is -2.20. The summed E-state index contributed by atoms with van der Waals surface area (Å²) in [4.78, 5) is 23.9. The number of nitrogens with zero attached hydrogens (tertiary/aromatic N) is 1. The second-order valence-electron chi connectivity index (χ2n) is 5.64. The summed E-state index contributed by atoms with van der Waals surface area (Å²) in [5, 5.41) is 0.849. The summed E-state index contributed by atoms with van der Waals surface area (Å²) in [5.74, 6) is -0.292. The molecule has 0 saturated heterocycles. The van der Waals surface area contributed by atoms with Gasteiger partial charge in [0.05, 0.1) is 0 Å². The minimum atomic E-state index is -0.452. The molecule has 4 nitrogen and oxygen atoms in total. The van der Waals surface area contributed by atoms with Crippen LogP contribution in [0.4, 0.5) is 0 Å². The second-order valence-corrected chi connectivity index (χ2v) is 5.64. The average molecular weight is 321 g/mol. The molecule has 0 spiro atoms. The minimum absolute atomic E-state index is 0.246. The van der Waals surface area contributed by atoms with Crippen LogP contribution in [-0.2, 0) is 16.1 Å². The molecule has 3 rings (SSSR count). The van der Waals surface area contributed by atoms with Crippen molar-refractivity contribution in [2.45, 2.75) is 26.0 Å². The first-order valence-corrected chi connectivity index (χ1v) is 8.00. The van der Waals surface area contributed by atoms with Crippen molar-refractivity contribution in [1.29, 1.82) is 0 Å². The van der Waals surface area contributed by atoms with Gasteiger partial charge in [0.1, 0.15) is 12.6 Å². The molecule has 0 fully saturated rings. The smallest absolute Gasteiger partial charge is 0.329 e. The number of hydrogen-bond donors (Lipinski definition) is 0. The molecule has 0 aliphatic rings. The largest absolute Gasteiger partial charge is 0.459 e. The second kappa shape index (κ2) is 7.13. The maximum Gasteiger partial charge on any atom is 0.329 e. The summed E-state index contributed by atoms with van der Waals surface area (Å²) >= 11 is 0. The fourth-order valence-corrected chi connectivity index (χ4v) is 2.89. The zero-order valence-corrected chi connectivity index (χ0v) is 13.5. The van der Waals surface area contributed by atoms with Crippen molar-refractivity contribution in [2.75, 3.05) is 0 Å². The van der Waals surface area contributed by atoms with E-state index in [4.69, 9.17) is 4.74 Å². The van der Waals surface area contributed by atoms with Crippen LogP contribution in [0, 0.1) is 0 Å². The first kappa shape index (κ1) is 16.0. The van der Waals surface area contributed by atoms with Crippen LogP contribution < -0.4 is 0 Å². The molecule has 1 aromatic heterocycles. The summed E-state index contributed by atoms with van der Waals surface area (Å²) in [6, 6.07) is 16.7. The van der Waals surface area contributed by atoms with Gasteiger partial charge in [0.25, 0.3) is 0 Å². The molecular weight excluding hydrogens is 302 g/mol. The number of esters is 1. The highest BCUT2D eigenvalue weighted by Gasteiger charge is 2.22. The van der Waals surface area contributed by atoms with Gasteiger partial charge in [-0.2, -0.15) is 0 Å². The van der Waals surface area contributed by atoms with Crippen molar-refractivity contribution in [1.82, 2.24) is 4.57 Å². The van der Waals surface area contributed by atoms with E-state index < -0.39 is 6.04 Å². The van der Waals surface area contributed by atoms with E-state index in [1.807, 2.05) is 66.1 Å². The van der Waals surface area contributed by atoms with Crippen LogP contribution in [0.1, 0.15) is 35.3 Å². The fraction of sp³-hybridized carbons (Fsp3) is 0.200. The molecule has 1 unspecified atom stereocenters. The lowest BCUT2D eigenvalue weighted by Gasteiger charge is -2.17. The van der Waals surface area contributed by atoms with Gasteiger partial charge < -0.3 is 9.30 Å². The van der Waals surface area contributed by atoms with Gasteiger partial charge >= 0.3 is 5.97 Å². The van der Waals surface area contributed by atoms with Crippen LogP contribution in [0.5, 0.6) is 0 Å². The molecule has 3 aromatic rings. The average Bonchev–Trinajstić information content (AvgIpc) is 3.00. The topological polar surface area (TPSA) is 48.3 Å². The van der Waals surface area contributed by atoms with Gasteiger partial charge in [-0.1, -0.05) is 55.5 Å². The Kier molecular flexibility index (Phi) is 4.75. The molecule has 0 aliphatic carbocycles. The third-order valence-corrected chi connectivity index (χ3v) is 4.12. The first-order valence-electron chi connectivity index (χ1n) is 8.00. The number of aldehydes is 1. The van der Waals surface area contributed by atoms with E-state index in [1.54, 1.807) is 6.20 Å². The molecule has 24 heavy (non-hydrogen) atoms. The number of benzene rings is 2.